The predicted octanol–water partition coefficient (Wildman–Crippen LogP) is 2.14. The lowest BCUT2D eigenvalue weighted by Gasteiger charge is -2.05. The van der Waals surface area contributed by atoms with Crippen LogP contribution in [-0.4, -0.2) is 32.4 Å². The van der Waals surface area contributed by atoms with Crippen LogP contribution < -0.4 is 10.9 Å². The molecule has 0 bridgehead atoms. The van der Waals surface area contributed by atoms with E-state index < -0.39 is 5.56 Å². The molecule has 1 N–H and O–H groups in total. The Labute approximate surface area is 153 Å². The van der Waals surface area contributed by atoms with Crippen molar-refractivity contribution in [2.45, 2.75) is 19.9 Å². The second-order valence-corrected chi connectivity index (χ2v) is 5.93. The third-order valence-corrected chi connectivity index (χ3v) is 3.73. The predicted molar refractivity (Wildman–Crippen MR) is 95.5 cm³/mol. The first-order valence-corrected chi connectivity index (χ1v) is 8.39. The summed E-state index contributed by atoms with van der Waals surface area (Å²) in [6, 6.07) is 9.76. The van der Waals surface area contributed by atoms with Gasteiger partial charge in [-0.3, -0.25) is 9.59 Å². The number of nitrogens with zero attached hydrogens (tertiary/aromatic N) is 4. The van der Waals surface area contributed by atoms with E-state index in [0.717, 1.165) is 16.7 Å². The smallest absolute Gasteiger partial charge is 0.278 e. The van der Waals surface area contributed by atoms with Gasteiger partial charge in [0.25, 0.3) is 11.4 Å². The first-order chi connectivity index (χ1) is 12.6. The number of aromatic nitrogens is 4. The number of halogens is 1. The van der Waals surface area contributed by atoms with Crippen LogP contribution in [0.4, 0.5) is 0 Å². The maximum absolute atomic E-state index is 11.9. The standard InChI is InChI=1S/C17H16ClN5O3/c1-2-9-19-14(24)10-23-15(25)8-7-13(21-23)17-20-16(22-26-17)11-3-5-12(18)6-4-11/h3-8H,2,9-10H2,1H3,(H,19,24). The summed E-state index contributed by atoms with van der Waals surface area (Å²) in [6.07, 6.45) is 0.809. The molecule has 0 aliphatic rings. The van der Waals surface area contributed by atoms with Gasteiger partial charge >= 0.3 is 0 Å². The molecule has 0 fully saturated rings. The highest BCUT2D eigenvalue weighted by atomic mass is 35.5. The Bertz CT molecular complexity index is 965. The number of hydrogen-bond donors (Lipinski definition) is 1. The Morgan fingerprint density at radius 2 is 2.00 bits per heavy atom. The summed E-state index contributed by atoms with van der Waals surface area (Å²) >= 11 is 5.87. The van der Waals surface area contributed by atoms with Gasteiger partial charge < -0.3 is 9.84 Å². The molecule has 2 aromatic heterocycles. The fraction of sp³-hybridized carbons (Fsp3) is 0.235. The van der Waals surface area contributed by atoms with Crippen molar-refractivity contribution in [3.63, 3.8) is 0 Å². The van der Waals surface area contributed by atoms with Crippen molar-refractivity contribution in [3.05, 3.63) is 51.8 Å². The number of carbonyl (C=O) groups excluding carboxylic acids is 1. The van der Waals surface area contributed by atoms with Gasteiger partial charge in [-0.1, -0.05) is 23.7 Å². The first kappa shape index (κ1) is 17.8. The van der Waals surface area contributed by atoms with Crippen molar-refractivity contribution >= 4 is 17.5 Å². The van der Waals surface area contributed by atoms with E-state index in [0.29, 0.717) is 23.1 Å². The van der Waals surface area contributed by atoms with E-state index >= 15 is 0 Å². The largest absolute Gasteiger partial charge is 0.355 e. The summed E-state index contributed by atoms with van der Waals surface area (Å²) in [5.41, 5.74) is 0.648. The lowest BCUT2D eigenvalue weighted by molar-refractivity contribution is -0.121. The zero-order valence-electron chi connectivity index (χ0n) is 14.0. The fourth-order valence-electron chi connectivity index (χ4n) is 2.18. The molecule has 3 aromatic rings. The minimum atomic E-state index is -0.391. The topological polar surface area (TPSA) is 103 Å². The van der Waals surface area contributed by atoms with E-state index in [4.69, 9.17) is 16.1 Å². The molecule has 2 heterocycles. The second-order valence-electron chi connectivity index (χ2n) is 5.49. The van der Waals surface area contributed by atoms with Crippen LogP contribution >= 0.6 is 11.6 Å². The van der Waals surface area contributed by atoms with E-state index in [1.54, 1.807) is 24.3 Å². The number of hydrogen-bond acceptors (Lipinski definition) is 6. The number of benzene rings is 1. The molecule has 0 saturated carbocycles. The Balaban J connectivity index is 1.84. The van der Waals surface area contributed by atoms with Crippen molar-refractivity contribution in [3.8, 4) is 23.0 Å². The molecule has 0 saturated heterocycles. The van der Waals surface area contributed by atoms with Crippen LogP contribution in [0, 0.1) is 0 Å². The second kappa shape index (κ2) is 7.92. The molecule has 0 spiro atoms. The van der Waals surface area contributed by atoms with Crippen molar-refractivity contribution in [1.82, 2.24) is 25.2 Å². The Hall–Kier alpha value is -3.00. The summed E-state index contributed by atoms with van der Waals surface area (Å²) in [7, 11) is 0. The zero-order chi connectivity index (χ0) is 18.5. The molecular formula is C17H16ClN5O3. The molecule has 3 rings (SSSR count). The van der Waals surface area contributed by atoms with Crippen LogP contribution in [0.1, 0.15) is 13.3 Å². The monoisotopic (exact) mass is 373 g/mol. The molecule has 0 aliphatic heterocycles. The highest BCUT2D eigenvalue weighted by Gasteiger charge is 2.14. The normalized spacial score (nSPS) is 10.7. The number of nitrogens with one attached hydrogen (secondary N) is 1. The van der Waals surface area contributed by atoms with Gasteiger partial charge in [0.15, 0.2) is 0 Å². The van der Waals surface area contributed by atoms with Crippen LogP contribution in [-0.2, 0) is 11.3 Å². The Morgan fingerprint density at radius 1 is 1.23 bits per heavy atom. The van der Waals surface area contributed by atoms with Crippen LogP contribution in [0.25, 0.3) is 23.0 Å². The van der Waals surface area contributed by atoms with E-state index in [2.05, 4.69) is 20.6 Å². The molecule has 134 valence electrons. The maximum atomic E-state index is 11.9. The SMILES string of the molecule is CCCNC(=O)Cn1nc(-c2nc(-c3ccc(Cl)cc3)no2)ccc1=O. The van der Waals surface area contributed by atoms with Crippen LogP contribution in [0.3, 0.4) is 0 Å². The molecule has 8 nitrogen and oxygen atoms in total. The zero-order valence-corrected chi connectivity index (χ0v) is 14.7. The fourth-order valence-corrected chi connectivity index (χ4v) is 2.30. The molecule has 1 aromatic carbocycles. The molecular weight excluding hydrogens is 358 g/mol. The van der Waals surface area contributed by atoms with E-state index in [1.807, 2.05) is 6.92 Å². The third-order valence-electron chi connectivity index (χ3n) is 3.48. The van der Waals surface area contributed by atoms with Gasteiger partial charge in [0, 0.05) is 23.2 Å². The molecule has 9 heteroatoms. The summed E-state index contributed by atoms with van der Waals surface area (Å²) in [6.45, 7) is 2.31. The third kappa shape index (κ3) is 4.15. The molecule has 0 atom stereocenters. The number of carbonyl (C=O) groups is 1. The Kier molecular flexibility index (Phi) is 5.43. The lowest BCUT2D eigenvalue weighted by atomic mass is 10.2. The van der Waals surface area contributed by atoms with Gasteiger partial charge in [-0.2, -0.15) is 10.1 Å². The van der Waals surface area contributed by atoms with Gasteiger partial charge in [0.1, 0.15) is 12.2 Å². The van der Waals surface area contributed by atoms with Crippen LogP contribution in [0.15, 0.2) is 45.7 Å². The van der Waals surface area contributed by atoms with Gasteiger partial charge in [0.2, 0.25) is 11.7 Å². The highest BCUT2D eigenvalue weighted by molar-refractivity contribution is 6.30. The average Bonchev–Trinajstić information content (AvgIpc) is 3.12. The quantitative estimate of drug-likeness (QED) is 0.710. The van der Waals surface area contributed by atoms with E-state index in [1.165, 1.54) is 12.1 Å². The van der Waals surface area contributed by atoms with E-state index in [9.17, 15) is 9.59 Å². The minimum Gasteiger partial charge on any atom is -0.355 e. The van der Waals surface area contributed by atoms with Crippen molar-refractivity contribution in [1.29, 1.82) is 0 Å². The summed E-state index contributed by atoms with van der Waals surface area (Å²) in [5, 5.41) is 11.3. The van der Waals surface area contributed by atoms with Gasteiger partial charge in [-0.15, -0.1) is 0 Å². The first-order valence-electron chi connectivity index (χ1n) is 8.01. The van der Waals surface area contributed by atoms with Crippen molar-refractivity contribution in [2.24, 2.45) is 0 Å². The number of amides is 1. The van der Waals surface area contributed by atoms with Crippen LogP contribution in [0.5, 0.6) is 0 Å². The van der Waals surface area contributed by atoms with Gasteiger partial charge in [-0.05, 0) is 36.8 Å². The maximum Gasteiger partial charge on any atom is 0.278 e. The molecule has 26 heavy (non-hydrogen) atoms. The average molecular weight is 374 g/mol. The summed E-state index contributed by atoms with van der Waals surface area (Å²) in [5.74, 6) is 0.237. The molecule has 0 unspecified atom stereocenters. The van der Waals surface area contributed by atoms with Crippen molar-refractivity contribution in [2.75, 3.05) is 6.54 Å². The highest BCUT2D eigenvalue weighted by Crippen LogP contribution is 2.21. The lowest BCUT2D eigenvalue weighted by Crippen LogP contribution is -2.33. The van der Waals surface area contributed by atoms with Crippen molar-refractivity contribution < 1.29 is 9.32 Å². The van der Waals surface area contributed by atoms with Gasteiger partial charge in [-0.25, -0.2) is 4.68 Å². The minimum absolute atomic E-state index is 0.151. The number of rotatable bonds is 6. The molecule has 0 aliphatic carbocycles. The molecule has 0 radical (unpaired) electrons. The molecule has 1 amide bonds. The van der Waals surface area contributed by atoms with E-state index in [-0.39, 0.29) is 18.3 Å². The summed E-state index contributed by atoms with van der Waals surface area (Å²) < 4.78 is 6.29. The van der Waals surface area contributed by atoms with Gasteiger partial charge in [0.05, 0.1) is 0 Å². The summed E-state index contributed by atoms with van der Waals surface area (Å²) in [4.78, 5) is 28.0. The van der Waals surface area contributed by atoms with Crippen LogP contribution in [0.2, 0.25) is 5.02 Å². The Morgan fingerprint density at radius 3 is 2.73 bits per heavy atom.